The number of anilines is 1. The average molecular weight is 261 g/mol. The zero-order valence-corrected chi connectivity index (χ0v) is 10.9. The molecule has 0 spiro atoms. The zero-order chi connectivity index (χ0) is 12.9. The lowest BCUT2D eigenvalue weighted by Crippen LogP contribution is -1.96. The van der Waals surface area contributed by atoms with Gasteiger partial charge >= 0.3 is 0 Å². The van der Waals surface area contributed by atoms with Crippen molar-refractivity contribution in [3.63, 3.8) is 0 Å². The molecule has 0 atom stereocenters. The van der Waals surface area contributed by atoms with Gasteiger partial charge in [-0.2, -0.15) is 5.10 Å². The first-order chi connectivity index (χ1) is 8.58. The van der Waals surface area contributed by atoms with Crippen molar-refractivity contribution in [2.75, 3.05) is 5.73 Å². The highest BCUT2D eigenvalue weighted by molar-refractivity contribution is 6.36. The molecule has 0 aliphatic carbocycles. The van der Waals surface area contributed by atoms with Crippen LogP contribution in [0, 0.1) is 0 Å². The van der Waals surface area contributed by atoms with Crippen LogP contribution >= 0.6 is 11.6 Å². The second-order valence-corrected chi connectivity index (χ2v) is 4.77. The SMILES string of the molecule is Cn1nc(-c2cn(C)c3cccc(Cl)c23)cc1N. The predicted octanol–water partition coefficient (Wildman–Crippen LogP) is 2.81. The first kappa shape index (κ1) is 11.2. The summed E-state index contributed by atoms with van der Waals surface area (Å²) >= 11 is 6.29. The fourth-order valence-corrected chi connectivity index (χ4v) is 2.48. The smallest absolute Gasteiger partial charge is 0.121 e. The van der Waals surface area contributed by atoms with E-state index in [0.717, 1.165) is 27.2 Å². The molecule has 2 heterocycles. The van der Waals surface area contributed by atoms with Crippen molar-refractivity contribution >= 4 is 28.3 Å². The van der Waals surface area contributed by atoms with Gasteiger partial charge in [0.1, 0.15) is 5.82 Å². The predicted molar refractivity (Wildman–Crippen MR) is 74.5 cm³/mol. The highest BCUT2D eigenvalue weighted by Gasteiger charge is 2.14. The van der Waals surface area contributed by atoms with Crippen molar-refractivity contribution < 1.29 is 0 Å². The Labute approximate surface area is 110 Å². The van der Waals surface area contributed by atoms with E-state index < -0.39 is 0 Å². The van der Waals surface area contributed by atoms with Gasteiger partial charge in [0.05, 0.1) is 10.7 Å². The molecular weight excluding hydrogens is 248 g/mol. The van der Waals surface area contributed by atoms with Crippen LogP contribution in [-0.4, -0.2) is 14.3 Å². The van der Waals surface area contributed by atoms with E-state index in [1.807, 2.05) is 49.1 Å². The molecule has 18 heavy (non-hydrogen) atoms. The molecule has 0 aliphatic rings. The van der Waals surface area contributed by atoms with Crippen LogP contribution in [0.5, 0.6) is 0 Å². The number of hydrogen-bond acceptors (Lipinski definition) is 2. The maximum atomic E-state index is 6.29. The Morgan fingerprint density at radius 2 is 2.06 bits per heavy atom. The van der Waals surface area contributed by atoms with Gasteiger partial charge in [-0.25, -0.2) is 0 Å². The second kappa shape index (κ2) is 3.78. The summed E-state index contributed by atoms with van der Waals surface area (Å²) < 4.78 is 3.70. The third-order valence-electron chi connectivity index (χ3n) is 3.16. The third kappa shape index (κ3) is 1.49. The number of hydrogen-bond donors (Lipinski definition) is 1. The molecular formula is C13H13ClN4. The van der Waals surface area contributed by atoms with Gasteiger partial charge in [-0.1, -0.05) is 17.7 Å². The van der Waals surface area contributed by atoms with Crippen LogP contribution in [0.1, 0.15) is 0 Å². The fraction of sp³-hybridized carbons (Fsp3) is 0.154. The van der Waals surface area contributed by atoms with Gasteiger partial charge in [-0.3, -0.25) is 4.68 Å². The molecule has 4 nitrogen and oxygen atoms in total. The van der Waals surface area contributed by atoms with Crippen molar-refractivity contribution in [2.24, 2.45) is 14.1 Å². The Morgan fingerprint density at radius 3 is 2.72 bits per heavy atom. The van der Waals surface area contributed by atoms with E-state index in [-0.39, 0.29) is 0 Å². The number of nitrogen functional groups attached to an aromatic ring is 1. The number of aryl methyl sites for hydroxylation is 2. The third-order valence-corrected chi connectivity index (χ3v) is 3.47. The van der Waals surface area contributed by atoms with E-state index in [1.165, 1.54) is 0 Å². The monoisotopic (exact) mass is 260 g/mol. The molecule has 1 aromatic carbocycles. The highest BCUT2D eigenvalue weighted by Crippen LogP contribution is 2.34. The summed E-state index contributed by atoms with van der Waals surface area (Å²) in [7, 11) is 3.82. The summed E-state index contributed by atoms with van der Waals surface area (Å²) in [5.74, 6) is 0.633. The molecule has 3 rings (SSSR count). The molecule has 0 saturated carbocycles. The zero-order valence-electron chi connectivity index (χ0n) is 10.2. The van der Waals surface area contributed by atoms with Gasteiger partial charge in [0.25, 0.3) is 0 Å². The van der Waals surface area contributed by atoms with Gasteiger partial charge in [-0.15, -0.1) is 0 Å². The summed E-state index contributed by atoms with van der Waals surface area (Å²) in [6.45, 7) is 0. The van der Waals surface area contributed by atoms with Crippen molar-refractivity contribution in [3.05, 3.63) is 35.5 Å². The molecule has 0 amide bonds. The van der Waals surface area contributed by atoms with Crippen LogP contribution in [0.25, 0.3) is 22.2 Å². The largest absolute Gasteiger partial charge is 0.384 e. The standard InChI is InChI=1S/C13H13ClN4/c1-17-7-8(10-6-12(15)18(2)16-10)13-9(14)4-3-5-11(13)17/h3-7H,15H2,1-2H3. The van der Waals surface area contributed by atoms with E-state index in [9.17, 15) is 0 Å². The van der Waals surface area contributed by atoms with E-state index >= 15 is 0 Å². The molecule has 92 valence electrons. The average Bonchev–Trinajstić information content (AvgIpc) is 2.83. The summed E-state index contributed by atoms with van der Waals surface area (Å²) in [6.07, 6.45) is 2.03. The quantitative estimate of drug-likeness (QED) is 0.731. The molecule has 0 aliphatic heterocycles. The van der Waals surface area contributed by atoms with Gasteiger partial charge in [0.2, 0.25) is 0 Å². The lowest BCUT2D eigenvalue weighted by atomic mass is 10.1. The first-order valence-corrected chi connectivity index (χ1v) is 5.99. The van der Waals surface area contributed by atoms with E-state index in [0.29, 0.717) is 5.82 Å². The summed E-state index contributed by atoms with van der Waals surface area (Å²) in [4.78, 5) is 0. The molecule has 0 bridgehead atoms. The van der Waals surface area contributed by atoms with E-state index in [2.05, 4.69) is 5.10 Å². The van der Waals surface area contributed by atoms with E-state index in [1.54, 1.807) is 4.68 Å². The molecule has 2 aromatic heterocycles. The molecule has 0 radical (unpaired) electrons. The lowest BCUT2D eigenvalue weighted by molar-refractivity contribution is 0.782. The van der Waals surface area contributed by atoms with Gasteiger partial charge in [0.15, 0.2) is 0 Å². The van der Waals surface area contributed by atoms with Gasteiger partial charge < -0.3 is 10.3 Å². The molecule has 5 heteroatoms. The maximum Gasteiger partial charge on any atom is 0.121 e. The van der Waals surface area contributed by atoms with Crippen molar-refractivity contribution in [1.82, 2.24) is 14.3 Å². The van der Waals surface area contributed by atoms with Crippen LogP contribution in [-0.2, 0) is 14.1 Å². The minimum absolute atomic E-state index is 0.633. The lowest BCUT2D eigenvalue weighted by Gasteiger charge is -1.98. The Bertz CT molecular complexity index is 719. The Balaban J connectivity index is 2.36. The number of aromatic nitrogens is 3. The van der Waals surface area contributed by atoms with Crippen LogP contribution < -0.4 is 5.73 Å². The molecule has 0 saturated heterocycles. The summed E-state index contributed by atoms with van der Waals surface area (Å²) in [6, 6.07) is 7.73. The number of nitrogens with zero attached hydrogens (tertiary/aromatic N) is 3. The molecule has 0 unspecified atom stereocenters. The van der Waals surface area contributed by atoms with Crippen molar-refractivity contribution in [3.8, 4) is 11.3 Å². The first-order valence-electron chi connectivity index (χ1n) is 5.61. The van der Waals surface area contributed by atoms with Crippen LogP contribution in [0.15, 0.2) is 30.5 Å². The van der Waals surface area contributed by atoms with Crippen LogP contribution in [0.2, 0.25) is 5.02 Å². The minimum Gasteiger partial charge on any atom is -0.384 e. The second-order valence-electron chi connectivity index (χ2n) is 4.37. The van der Waals surface area contributed by atoms with Crippen LogP contribution in [0.3, 0.4) is 0 Å². The molecule has 3 aromatic rings. The number of halogens is 1. The van der Waals surface area contributed by atoms with Crippen molar-refractivity contribution in [2.45, 2.75) is 0 Å². The number of benzene rings is 1. The number of fused-ring (bicyclic) bond motifs is 1. The normalized spacial score (nSPS) is 11.3. The minimum atomic E-state index is 0.633. The maximum absolute atomic E-state index is 6.29. The molecule has 0 fully saturated rings. The number of rotatable bonds is 1. The Kier molecular flexibility index (Phi) is 2.35. The van der Waals surface area contributed by atoms with Crippen molar-refractivity contribution in [1.29, 1.82) is 0 Å². The Morgan fingerprint density at radius 1 is 1.28 bits per heavy atom. The van der Waals surface area contributed by atoms with Gasteiger partial charge in [-0.05, 0) is 12.1 Å². The van der Waals surface area contributed by atoms with E-state index in [4.69, 9.17) is 17.3 Å². The number of nitrogens with two attached hydrogens (primary N) is 1. The summed E-state index contributed by atoms with van der Waals surface area (Å²) in [5, 5.41) is 6.15. The Hall–Kier alpha value is -1.94. The molecule has 2 N–H and O–H groups in total. The highest BCUT2D eigenvalue weighted by atomic mass is 35.5. The van der Waals surface area contributed by atoms with Crippen LogP contribution in [0.4, 0.5) is 5.82 Å². The topological polar surface area (TPSA) is 48.8 Å². The fourth-order valence-electron chi connectivity index (χ4n) is 2.21. The summed E-state index contributed by atoms with van der Waals surface area (Å²) in [5.41, 5.74) is 8.76. The van der Waals surface area contributed by atoms with Gasteiger partial charge in [0, 0.05) is 42.8 Å².